The molecule has 0 fully saturated rings. The first-order chi connectivity index (χ1) is 10.3. The van der Waals surface area contributed by atoms with Crippen molar-refractivity contribution in [3.05, 3.63) is 33.8 Å². The predicted octanol–water partition coefficient (Wildman–Crippen LogP) is 0.859. The van der Waals surface area contributed by atoms with Crippen molar-refractivity contribution in [2.75, 3.05) is 27.2 Å². The Balaban J connectivity index is 2.44. The molecule has 120 valence electrons. The van der Waals surface area contributed by atoms with Crippen molar-refractivity contribution in [2.24, 2.45) is 0 Å². The Morgan fingerprint density at radius 3 is 2.45 bits per heavy atom. The largest absolute Gasteiger partial charge is 0.345 e. The topological polar surface area (TPSA) is 87.7 Å². The maximum Gasteiger partial charge on any atom is 0.265 e. The van der Waals surface area contributed by atoms with E-state index in [9.17, 15) is 14.4 Å². The third-order valence-electron chi connectivity index (χ3n) is 2.65. The highest BCUT2D eigenvalue weighted by atomic mass is 35.5. The maximum atomic E-state index is 11.9. The van der Waals surface area contributed by atoms with Gasteiger partial charge in [-0.1, -0.05) is 23.2 Å². The second-order valence-electron chi connectivity index (χ2n) is 4.16. The Bertz CT molecular complexity index is 580. The number of carbonyl (C=O) groups excluding carboxylic acids is 3. The average Bonchev–Trinajstić information content (AvgIpc) is 2.49. The summed E-state index contributed by atoms with van der Waals surface area (Å²) in [5, 5.41) is 6.30. The molecule has 1 aromatic carbocycles. The first-order valence-corrected chi connectivity index (χ1v) is 6.91. The van der Waals surface area contributed by atoms with Crippen molar-refractivity contribution in [3.8, 4) is 0 Å². The summed E-state index contributed by atoms with van der Waals surface area (Å²) in [7, 11) is 2.74. The number of rotatable bonds is 6. The highest BCUT2D eigenvalue weighted by Crippen LogP contribution is 2.20. The van der Waals surface area contributed by atoms with E-state index in [0.717, 1.165) is 5.06 Å². The lowest BCUT2D eigenvalue weighted by molar-refractivity contribution is -0.167. The van der Waals surface area contributed by atoms with E-state index in [1.54, 1.807) is 0 Å². The average molecular weight is 348 g/mol. The first kappa shape index (κ1) is 18.2. The summed E-state index contributed by atoms with van der Waals surface area (Å²) in [5.41, 5.74) is 0.203. The summed E-state index contributed by atoms with van der Waals surface area (Å²) >= 11 is 11.6. The molecule has 7 nitrogen and oxygen atoms in total. The number of amides is 3. The SMILES string of the molecule is CON(C)C(=O)CNC(=O)CNC(=O)c1ccc(Cl)cc1Cl. The van der Waals surface area contributed by atoms with Crippen LogP contribution in [0.1, 0.15) is 10.4 Å². The van der Waals surface area contributed by atoms with Crippen LogP contribution in [-0.4, -0.2) is 50.0 Å². The molecule has 0 spiro atoms. The van der Waals surface area contributed by atoms with Gasteiger partial charge in [-0.25, -0.2) is 5.06 Å². The molecule has 9 heteroatoms. The van der Waals surface area contributed by atoms with Crippen molar-refractivity contribution in [1.29, 1.82) is 0 Å². The van der Waals surface area contributed by atoms with Crippen LogP contribution in [-0.2, 0) is 14.4 Å². The molecular weight excluding hydrogens is 333 g/mol. The normalized spacial score (nSPS) is 10.0. The molecule has 0 bridgehead atoms. The van der Waals surface area contributed by atoms with Crippen molar-refractivity contribution >= 4 is 40.9 Å². The number of nitrogens with one attached hydrogen (secondary N) is 2. The number of nitrogens with zero attached hydrogens (tertiary/aromatic N) is 1. The van der Waals surface area contributed by atoms with E-state index >= 15 is 0 Å². The van der Waals surface area contributed by atoms with E-state index in [0.29, 0.717) is 5.02 Å². The Hall–Kier alpha value is -1.83. The van der Waals surface area contributed by atoms with Gasteiger partial charge >= 0.3 is 0 Å². The lowest BCUT2D eigenvalue weighted by Crippen LogP contribution is -2.42. The molecule has 2 N–H and O–H groups in total. The summed E-state index contributed by atoms with van der Waals surface area (Å²) in [6, 6.07) is 4.40. The fourth-order valence-corrected chi connectivity index (χ4v) is 1.87. The molecule has 1 rings (SSSR count). The molecule has 0 heterocycles. The fraction of sp³-hybridized carbons (Fsp3) is 0.308. The zero-order valence-corrected chi connectivity index (χ0v) is 13.5. The van der Waals surface area contributed by atoms with Crippen LogP contribution < -0.4 is 10.6 Å². The van der Waals surface area contributed by atoms with E-state index < -0.39 is 17.7 Å². The van der Waals surface area contributed by atoms with E-state index in [4.69, 9.17) is 23.2 Å². The van der Waals surface area contributed by atoms with E-state index in [1.165, 1.54) is 32.4 Å². The maximum absolute atomic E-state index is 11.9. The van der Waals surface area contributed by atoms with Crippen molar-refractivity contribution in [1.82, 2.24) is 15.7 Å². The van der Waals surface area contributed by atoms with Crippen LogP contribution in [0, 0.1) is 0 Å². The highest BCUT2D eigenvalue weighted by Gasteiger charge is 2.13. The molecule has 0 radical (unpaired) electrons. The van der Waals surface area contributed by atoms with Crippen LogP contribution >= 0.6 is 23.2 Å². The monoisotopic (exact) mass is 347 g/mol. The van der Waals surface area contributed by atoms with Crippen molar-refractivity contribution in [2.45, 2.75) is 0 Å². The van der Waals surface area contributed by atoms with Gasteiger partial charge in [0.15, 0.2) is 0 Å². The molecule has 0 aliphatic rings. The molecule has 0 unspecified atom stereocenters. The Kier molecular flexibility index (Phi) is 7.10. The number of hydroxylamine groups is 2. The predicted molar refractivity (Wildman–Crippen MR) is 81.6 cm³/mol. The van der Waals surface area contributed by atoms with Gasteiger partial charge in [0.05, 0.1) is 30.8 Å². The number of likely N-dealkylation sites (N-methyl/N-ethyl adjacent to an activating group) is 1. The lowest BCUT2D eigenvalue weighted by atomic mass is 10.2. The van der Waals surface area contributed by atoms with Crippen molar-refractivity contribution in [3.63, 3.8) is 0 Å². The summed E-state index contributed by atoms with van der Waals surface area (Å²) in [6.07, 6.45) is 0. The molecular formula is C13H15Cl2N3O4. The third kappa shape index (κ3) is 5.51. The van der Waals surface area contributed by atoms with Gasteiger partial charge in [0.2, 0.25) is 5.91 Å². The molecule has 0 aromatic heterocycles. The first-order valence-electron chi connectivity index (χ1n) is 6.15. The number of halogens is 2. The molecule has 0 saturated heterocycles. The molecule has 0 saturated carbocycles. The molecule has 22 heavy (non-hydrogen) atoms. The molecule has 0 atom stereocenters. The van der Waals surface area contributed by atoms with Gasteiger partial charge in [-0.2, -0.15) is 0 Å². The van der Waals surface area contributed by atoms with Crippen molar-refractivity contribution < 1.29 is 19.2 Å². The van der Waals surface area contributed by atoms with Gasteiger partial charge in [0, 0.05) is 12.1 Å². The second kappa shape index (κ2) is 8.57. The van der Waals surface area contributed by atoms with Crippen LogP contribution in [0.25, 0.3) is 0 Å². The smallest absolute Gasteiger partial charge is 0.265 e. The second-order valence-corrected chi connectivity index (χ2v) is 5.00. The number of hydrogen-bond donors (Lipinski definition) is 2. The van der Waals surface area contributed by atoms with Gasteiger partial charge in [-0.05, 0) is 18.2 Å². The number of carbonyl (C=O) groups is 3. The molecule has 0 aliphatic heterocycles. The summed E-state index contributed by atoms with van der Waals surface area (Å²) < 4.78 is 0. The minimum Gasteiger partial charge on any atom is -0.345 e. The third-order valence-corrected chi connectivity index (χ3v) is 3.19. The van der Waals surface area contributed by atoms with Gasteiger partial charge in [-0.15, -0.1) is 0 Å². The van der Waals surface area contributed by atoms with Crippen LogP contribution in [0.3, 0.4) is 0 Å². The number of hydrogen-bond acceptors (Lipinski definition) is 4. The molecule has 0 aliphatic carbocycles. The molecule has 3 amide bonds. The van der Waals surface area contributed by atoms with Crippen LogP contribution in [0.15, 0.2) is 18.2 Å². The van der Waals surface area contributed by atoms with Crippen LogP contribution in [0.5, 0.6) is 0 Å². The standard InChI is InChI=1S/C13H15Cl2N3O4/c1-18(22-2)12(20)7-16-11(19)6-17-13(21)9-4-3-8(14)5-10(9)15/h3-5H,6-7H2,1-2H3,(H,16,19)(H,17,21). The van der Waals surface area contributed by atoms with Gasteiger partial charge in [0.1, 0.15) is 0 Å². The fourth-order valence-electron chi connectivity index (χ4n) is 1.38. The molecule has 1 aromatic rings. The zero-order valence-electron chi connectivity index (χ0n) is 12.0. The Morgan fingerprint density at radius 1 is 1.18 bits per heavy atom. The Morgan fingerprint density at radius 2 is 1.86 bits per heavy atom. The zero-order chi connectivity index (χ0) is 16.7. The van der Waals surface area contributed by atoms with Gasteiger partial charge < -0.3 is 10.6 Å². The van der Waals surface area contributed by atoms with E-state index in [-0.39, 0.29) is 23.7 Å². The van der Waals surface area contributed by atoms with Crippen LogP contribution in [0.4, 0.5) is 0 Å². The number of benzene rings is 1. The summed E-state index contributed by atoms with van der Waals surface area (Å²) in [4.78, 5) is 39.4. The van der Waals surface area contributed by atoms with E-state index in [1.807, 2.05) is 0 Å². The Labute approximate surface area is 137 Å². The van der Waals surface area contributed by atoms with E-state index in [2.05, 4.69) is 15.5 Å². The highest BCUT2D eigenvalue weighted by molar-refractivity contribution is 6.36. The van der Waals surface area contributed by atoms with Crippen LogP contribution in [0.2, 0.25) is 10.0 Å². The quantitative estimate of drug-likeness (QED) is 0.747. The minimum absolute atomic E-state index is 0.183. The lowest BCUT2D eigenvalue weighted by Gasteiger charge is -2.14. The summed E-state index contributed by atoms with van der Waals surface area (Å²) in [5.74, 6) is -1.46. The summed E-state index contributed by atoms with van der Waals surface area (Å²) in [6.45, 7) is -0.525. The van der Waals surface area contributed by atoms with Gasteiger partial charge in [0.25, 0.3) is 11.8 Å². The van der Waals surface area contributed by atoms with Gasteiger partial charge in [-0.3, -0.25) is 19.2 Å². The minimum atomic E-state index is -0.517.